The average molecular weight is 270 g/mol. The van der Waals surface area contributed by atoms with Crippen molar-refractivity contribution < 1.29 is 0 Å². The predicted octanol–water partition coefficient (Wildman–Crippen LogP) is 4.17. The first-order valence-corrected chi connectivity index (χ1v) is 8.32. The summed E-state index contributed by atoms with van der Waals surface area (Å²) in [5, 5.41) is 4.79. The molecule has 1 aliphatic rings. The van der Waals surface area contributed by atoms with Crippen molar-refractivity contribution in [3.05, 3.63) is 0 Å². The standard InChI is InChI=1S/C15H30N2S/c1-7-15(6)8-9-18-14(17-15)16-10-13(11(2)3)12(4)5/h11-13H,7-10H2,1-6H3,(H,16,17). The first-order valence-electron chi connectivity index (χ1n) is 7.33. The Morgan fingerprint density at radius 2 is 1.89 bits per heavy atom. The van der Waals surface area contributed by atoms with Crippen molar-refractivity contribution in [3.63, 3.8) is 0 Å². The van der Waals surface area contributed by atoms with Crippen LogP contribution in [0.5, 0.6) is 0 Å². The molecule has 1 rings (SSSR count). The van der Waals surface area contributed by atoms with Crippen LogP contribution in [0.15, 0.2) is 4.99 Å². The molecule has 0 spiro atoms. The van der Waals surface area contributed by atoms with Gasteiger partial charge < -0.3 is 5.32 Å². The van der Waals surface area contributed by atoms with E-state index in [-0.39, 0.29) is 5.54 Å². The number of hydrogen-bond acceptors (Lipinski definition) is 2. The number of rotatable bonds is 5. The van der Waals surface area contributed by atoms with E-state index < -0.39 is 0 Å². The molecule has 1 N–H and O–H groups in total. The van der Waals surface area contributed by atoms with E-state index in [9.17, 15) is 0 Å². The topological polar surface area (TPSA) is 24.4 Å². The van der Waals surface area contributed by atoms with Crippen molar-refractivity contribution in [2.24, 2.45) is 22.7 Å². The molecule has 0 amide bonds. The summed E-state index contributed by atoms with van der Waals surface area (Å²) in [7, 11) is 0. The molecule has 1 unspecified atom stereocenters. The Morgan fingerprint density at radius 3 is 2.39 bits per heavy atom. The van der Waals surface area contributed by atoms with E-state index in [1.165, 1.54) is 18.6 Å². The Labute approximate surface area is 117 Å². The van der Waals surface area contributed by atoms with Crippen LogP contribution in [0.2, 0.25) is 0 Å². The summed E-state index contributed by atoms with van der Waals surface area (Å²) < 4.78 is 0. The van der Waals surface area contributed by atoms with Crippen LogP contribution in [-0.2, 0) is 0 Å². The van der Waals surface area contributed by atoms with Gasteiger partial charge in [0.1, 0.15) is 0 Å². The third kappa shape index (κ3) is 4.49. The lowest BCUT2D eigenvalue weighted by Gasteiger charge is -2.35. The van der Waals surface area contributed by atoms with E-state index in [4.69, 9.17) is 4.99 Å². The fourth-order valence-electron chi connectivity index (χ4n) is 2.46. The number of amidine groups is 1. The van der Waals surface area contributed by atoms with Gasteiger partial charge in [0.2, 0.25) is 0 Å². The normalized spacial score (nSPS) is 27.3. The molecule has 1 fully saturated rings. The second-order valence-corrected chi connectivity index (χ2v) is 7.52. The van der Waals surface area contributed by atoms with Gasteiger partial charge in [0.15, 0.2) is 5.17 Å². The van der Waals surface area contributed by atoms with Gasteiger partial charge in [-0.1, -0.05) is 46.4 Å². The average Bonchev–Trinajstić information content (AvgIpc) is 2.28. The summed E-state index contributed by atoms with van der Waals surface area (Å²) in [6, 6.07) is 0. The van der Waals surface area contributed by atoms with Crippen LogP contribution in [-0.4, -0.2) is 23.0 Å². The molecular weight excluding hydrogens is 240 g/mol. The van der Waals surface area contributed by atoms with Crippen molar-refractivity contribution in [1.82, 2.24) is 5.32 Å². The zero-order valence-corrected chi connectivity index (χ0v) is 13.7. The summed E-state index contributed by atoms with van der Waals surface area (Å²) in [6.07, 6.45) is 2.41. The Kier molecular flexibility index (Phi) is 6.03. The monoisotopic (exact) mass is 270 g/mol. The van der Waals surface area contributed by atoms with Gasteiger partial charge in [-0.3, -0.25) is 4.99 Å². The second kappa shape index (κ2) is 6.83. The van der Waals surface area contributed by atoms with Crippen LogP contribution >= 0.6 is 11.8 Å². The first kappa shape index (κ1) is 15.9. The summed E-state index contributed by atoms with van der Waals surface area (Å²) >= 11 is 1.89. The maximum atomic E-state index is 4.84. The molecule has 0 bridgehead atoms. The Hall–Kier alpha value is -0.180. The van der Waals surface area contributed by atoms with E-state index in [2.05, 4.69) is 46.9 Å². The minimum Gasteiger partial charge on any atom is -0.360 e. The van der Waals surface area contributed by atoms with E-state index >= 15 is 0 Å². The highest BCUT2D eigenvalue weighted by Gasteiger charge is 2.27. The fraction of sp³-hybridized carbons (Fsp3) is 0.933. The van der Waals surface area contributed by atoms with Gasteiger partial charge >= 0.3 is 0 Å². The van der Waals surface area contributed by atoms with Crippen LogP contribution in [0, 0.1) is 17.8 Å². The third-order valence-electron chi connectivity index (χ3n) is 4.24. The maximum Gasteiger partial charge on any atom is 0.156 e. The molecule has 18 heavy (non-hydrogen) atoms. The van der Waals surface area contributed by atoms with E-state index in [1.54, 1.807) is 0 Å². The van der Waals surface area contributed by atoms with Crippen molar-refractivity contribution in [3.8, 4) is 0 Å². The number of thioether (sulfide) groups is 1. The minimum absolute atomic E-state index is 0.259. The maximum absolute atomic E-state index is 4.84. The van der Waals surface area contributed by atoms with Gasteiger partial charge in [0.05, 0.1) is 0 Å². The molecule has 1 heterocycles. The summed E-state index contributed by atoms with van der Waals surface area (Å²) in [5.41, 5.74) is 0.259. The quantitative estimate of drug-likeness (QED) is 0.811. The molecule has 0 aliphatic carbocycles. The van der Waals surface area contributed by atoms with Gasteiger partial charge in [0.25, 0.3) is 0 Å². The molecule has 1 atom stereocenters. The SMILES string of the molecule is CCC1(C)CCSC(=NCC(C(C)C)C(C)C)N1. The van der Waals surface area contributed by atoms with E-state index in [1.807, 2.05) is 11.8 Å². The molecule has 3 heteroatoms. The highest BCUT2D eigenvalue weighted by atomic mass is 32.2. The van der Waals surface area contributed by atoms with E-state index in [0.717, 1.165) is 11.7 Å². The first-order chi connectivity index (χ1) is 8.38. The van der Waals surface area contributed by atoms with Crippen molar-refractivity contribution in [2.75, 3.05) is 12.3 Å². The highest BCUT2D eigenvalue weighted by Crippen LogP contribution is 2.26. The molecular formula is C15H30N2S. The van der Waals surface area contributed by atoms with Gasteiger partial charge in [-0.25, -0.2) is 0 Å². The zero-order chi connectivity index (χ0) is 13.8. The summed E-state index contributed by atoms with van der Waals surface area (Å²) in [6.45, 7) is 14.8. The van der Waals surface area contributed by atoms with Crippen molar-refractivity contribution in [2.45, 2.75) is 59.9 Å². The van der Waals surface area contributed by atoms with Crippen molar-refractivity contribution in [1.29, 1.82) is 0 Å². The molecule has 0 aromatic carbocycles. The number of nitrogens with zero attached hydrogens (tertiary/aromatic N) is 1. The summed E-state index contributed by atoms with van der Waals surface area (Å²) in [5.74, 6) is 3.31. The highest BCUT2D eigenvalue weighted by molar-refractivity contribution is 8.13. The Balaban J connectivity index is 2.61. The molecule has 1 aliphatic heterocycles. The van der Waals surface area contributed by atoms with Crippen molar-refractivity contribution >= 4 is 16.9 Å². The van der Waals surface area contributed by atoms with Gasteiger partial charge in [-0.15, -0.1) is 0 Å². The molecule has 0 aromatic heterocycles. The zero-order valence-electron chi connectivity index (χ0n) is 12.9. The molecule has 1 saturated heterocycles. The number of hydrogen-bond donors (Lipinski definition) is 1. The summed E-state index contributed by atoms with van der Waals surface area (Å²) in [4.78, 5) is 4.84. The smallest absolute Gasteiger partial charge is 0.156 e. The predicted molar refractivity (Wildman–Crippen MR) is 84.4 cm³/mol. The van der Waals surface area contributed by atoms with Crippen LogP contribution in [0.25, 0.3) is 0 Å². The Bertz CT molecular complexity index is 278. The van der Waals surface area contributed by atoms with Crippen LogP contribution in [0.3, 0.4) is 0 Å². The number of aliphatic imine (C=N–C) groups is 1. The van der Waals surface area contributed by atoms with E-state index in [0.29, 0.717) is 17.8 Å². The lowest BCUT2D eigenvalue weighted by atomic mass is 9.86. The molecule has 0 saturated carbocycles. The third-order valence-corrected chi connectivity index (χ3v) is 5.15. The minimum atomic E-state index is 0.259. The fourth-order valence-corrected chi connectivity index (χ4v) is 3.69. The largest absolute Gasteiger partial charge is 0.360 e. The van der Waals surface area contributed by atoms with Crippen LogP contribution in [0.1, 0.15) is 54.4 Å². The second-order valence-electron chi connectivity index (χ2n) is 6.44. The Morgan fingerprint density at radius 1 is 1.28 bits per heavy atom. The molecule has 0 aromatic rings. The van der Waals surface area contributed by atoms with Gasteiger partial charge in [0, 0.05) is 17.8 Å². The lowest BCUT2D eigenvalue weighted by molar-refractivity contribution is 0.297. The van der Waals surface area contributed by atoms with Crippen LogP contribution < -0.4 is 5.32 Å². The van der Waals surface area contributed by atoms with Gasteiger partial charge in [-0.05, 0) is 37.5 Å². The molecule has 106 valence electrons. The lowest BCUT2D eigenvalue weighted by Crippen LogP contribution is -2.48. The molecule has 2 nitrogen and oxygen atoms in total. The number of nitrogens with one attached hydrogen (secondary N) is 1. The molecule has 0 radical (unpaired) electrons. The van der Waals surface area contributed by atoms with Crippen LogP contribution in [0.4, 0.5) is 0 Å². The van der Waals surface area contributed by atoms with Gasteiger partial charge in [-0.2, -0.15) is 0 Å².